The van der Waals surface area contributed by atoms with Gasteiger partial charge in [0.15, 0.2) is 0 Å². The summed E-state index contributed by atoms with van der Waals surface area (Å²) >= 11 is 6.02. The molecule has 3 nitrogen and oxygen atoms in total. The van der Waals surface area contributed by atoms with Crippen LogP contribution < -0.4 is 10.6 Å². The molecule has 0 bridgehead atoms. The summed E-state index contributed by atoms with van der Waals surface area (Å²) in [5, 5.41) is 0.625. The number of rotatable bonds is 4. The van der Waals surface area contributed by atoms with Crippen molar-refractivity contribution in [2.24, 2.45) is 5.90 Å². The molecule has 0 saturated carbocycles. The Morgan fingerprint density at radius 1 is 1.43 bits per heavy atom. The zero-order chi connectivity index (χ0) is 10.6. The molecule has 1 rings (SSSR count). The third-order valence-electron chi connectivity index (χ3n) is 2.00. The van der Waals surface area contributed by atoms with Crippen LogP contribution in [0.25, 0.3) is 0 Å². The van der Waals surface area contributed by atoms with Crippen LogP contribution in [-0.4, -0.2) is 13.7 Å². The van der Waals surface area contributed by atoms with Crippen LogP contribution in [-0.2, 0) is 11.3 Å². The smallest absolute Gasteiger partial charge is 0.140 e. The normalized spacial score (nSPS) is 10.3. The van der Waals surface area contributed by atoms with Crippen LogP contribution in [0.2, 0.25) is 5.02 Å². The highest BCUT2D eigenvalue weighted by molar-refractivity contribution is 6.32. The fourth-order valence-corrected chi connectivity index (χ4v) is 1.75. The predicted octanol–water partition coefficient (Wildman–Crippen LogP) is 2.09. The van der Waals surface area contributed by atoms with Gasteiger partial charge in [-0.05, 0) is 30.5 Å². The first kappa shape index (κ1) is 11.3. The lowest BCUT2D eigenvalue weighted by Crippen LogP contribution is -2.04. The molecule has 0 atom stereocenters. The molecule has 0 aliphatic heterocycles. The van der Waals surface area contributed by atoms with Crippen LogP contribution in [0.15, 0.2) is 12.1 Å². The molecule has 0 unspecified atom stereocenters. The maximum absolute atomic E-state index is 6.02. The van der Waals surface area contributed by atoms with Gasteiger partial charge in [-0.2, -0.15) is 0 Å². The van der Waals surface area contributed by atoms with Gasteiger partial charge in [0.05, 0.1) is 18.7 Å². The maximum atomic E-state index is 6.02. The maximum Gasteiger partial charge on any atom is 0.140 e. The summed E-state index contributed by atoms with van der Waals surface area (Å²) in [5.74, 6) is 5.68. The van der Waals surface area contributed by atoms with Crippen molar-refractivity contribution in [3.63, 3.8) is 0 Å². The fourth-order valence-electron chi connectivity index (χ4n) is 1.38. The summed E-state index contributed by atoms with van der Waals surface area (Å²) in [7, 11) is 1.61. The number of nitrogens with two attached hydrogens (primary N) is 1. The molecule has 1 aromatic carbocycles. The molecule has 0 heterocycles. The van der Waals surface area contributed by atoms with Crippen LogP contribution in [0.3, 0.4) is 0 Å². The van der Waals surface area contributed by atoms with Crippen molar-refractivity contribution in [1.29, 1.82) is 0 Å². The van der Waals surface area contributed by atoms with Gasteiger partial charge in [-0.3, -0.25) is 0 Å². The molecule has 0 aromatic heterocycles. The minimum atomic E-state index is 0.488. The van der Waals surface area contributed by atoms with Crippen molar-refractivity contribution < 1.29 is 9.57 Å². The molecule has 0 fully saturated rings. The third-order valence-corrected chi connectivity index (χ3v) is 2.28. The van der Waals surface area contributed by atoms with Crippen LogP contribution >= 0.6 is 11.6 Å². The van der Waals surface area contributed by atoms with Crippen molar-refractivity contribution in [3.8, 4) is 5.75 Å². The Bertz CT molecular complexity index is 292. The highest BCUT2D eigenvalue weighted by Gasteiger charge is 2.06. The monoisotopic (exact) mass is 215 g/mol. The molecule has 1 aromatic rings. The number of aryl methyl sites for hydroxylation is 1. The predicted molar refractivity (Wildman–Crippen MR) is 56.6 cm³/mol. The fraction of sp³-hybridized carbons (Fsp3) is 0.400. The molecule has 0 radical (unpaired) electrons. The first-order chi connectivity index (χ1) is 6.69. The number of ether oxygens (including phenoxy) is 1. The van der Waals surface area contributed by atoms with Gasteiger partial charge >= 0.3 is 0 Å². The zero-order valence-corrected chi connectivity index (χ0v) is 9.10. The van der Waals surface area contributed by atoms with E-state index in [1.165, 1.54) is 0 Å². The number of hydrogen-bond donors (Lipinski definition) is 1. The summed E-state index contributed by atoms with van der Waals surface area (Å²) in [4.78, 5) is 4.51. The summed E-state index contributed by atoms with van der Waals surface area (Å²) < 4.78 is 5.15. The largest absolute Gasteiger partial charge is 0.495 e. The van der Waals surface area contributed by atoms with E-state index in [0.29, 0.717) is 11.6 Å². The average Bonchev–Trinajstić information content (AvgIpc) is 2.14. The molecule has 4 heteroatoms. The van der Waals surface area contributed by atoms with Gasteiger partial charge in [0.2, 0.25) is 0 Å². The quantitative estimate of drug-likeness (QED) is 0.783. The van der Waals surface area contributed by atoms with Gasteiger partial charge in [-0.15, -0.1) is 0 Å². The molecular formula is C10H14ClNO2. The summed E-state index contributed by atoms with van der Waals surface area (Å²) in [6, 6.07) is 3.89. The number of hydrogen-bond acceptors (Lipinski definition) is 3. The molecule has 0 spiro atoms. The Morgan fingerprint density at radius 3 is 2.64 bits per heavy atom. The highest BCUT2D eigenvalue weighted by Crippen LogP contribution is 2.29. The second-order valence-corrected chi connectivity index (χ2v) is 3.46. The topological polar surface area (TPSA) is 44.5 Å². The lowest BCUT2D eigenvalue weighted by molar-refractivity contribution is 0.141. The Morgan fingerprint density at radius 2 is 2.14 bits per heavy atom. The van der Waals surface area contributed by atoms with Crippen LogP contribution in [0.1, 0.15) is 11.1 Å². The van der Waals surface area contributed by atoms with Crippen molar-refractivity contribution in [2.45, 2.75) is 13.3 Å². The molecule has 0 saturated heterocycles. The van der Waals surface area contributed by atoms with E-state index >= 15 is 0 Å². The van der Waals surface area contributed by atoms with Crippen molar-refractivity contribution in [2.75, 3.05) is 13.7 Å². The molecule has 2 N–H and O–H groups in total. The second-order valence-electron chi connectivity index (χ2n) is 3.05. The minimum absolute atomic E-state index is 0.488. The van der Waals surface area contributed by atoms with Gasteiger partial charge < -0.3 is 9.57 Å². The molecule has 0 aliphatic carbocycles. The van der Waals surface area contributed by atoms with Crippen molar-refractivity contribution >= 4 is 11.6 Å². The highest BCUT2D eigenvalue weighted by atomic mass is 35.5. The summed E-state index contributed by atoms with van der Waals surface area (Å²) in [5.41, 5.74) is 2.12. The molecular weight excluding hydrogens is 202 g/mol. The SMILES string of the molecule is COc1c(C)cc(CCON)cc1Cl. The van der Waals surface area contributed by atoms with E-state index in [0.717, 1.165) is 23.3 Å². The molecule has 78 valence electrons. The molecule has 0 aliphatic rings. The number of halogens is 1. The Hall–Kier alpha value is -0.770. The number of methoxy groups -OCH3 is 1. The Balaban J connectivity index is 2.90. The lowest BCUT2D eigenvalue weighted by atomic mass is 10.1. The summed E-state index contributed by atoms with van der Waals surface area (Å²) in [6.45, 7) is 2.44. The van der Waals surface area contributed by atoms with Crippen molar-refractivity contribution in [1.82, 2.24) is 0 Å². The van der Waals surface area contributed by atoms with E-state index in [1.807, 2.05) is 19.1 Å². The van der Waals surface area contributed by atoms with Gasteiger partial charge in [0.25, 0.3) is 0 Å². The Labute approximate surface area is 88.7 Å². The van der Waals surface area contributed by atoms with E-state index in [4.69, 9.17) is 22.2 Å². The lowest BCUT2D eigenvalue weighted by Gasteiger charge is -2.09. The Kier molecular flexibility index (Phi) is 4.20. The van der Waals surface area contributed by atoms with Gasteiger partial charge in [0, 0.05) is 0 Å². The average molecular weight is 216 g/mol. The van der Waals surface area contributed by atoms with E-state index in [1.54, 1.807) is 7.11 Å². The first-order valence-corrected chi connectivity index (χ1v) is 4.71. The van der Waals surface area contributed by atoms with Crippen LogP contribution in [0.4, 0.5) is 0 Å². The molecule has 0 amide bonds. The van der Waals surface area contributed by atoms with E-state index in [2.05, 4.69) is 4.84 Å². The van der Waals surface area contributed by atoms with E-state index in [-0.39, 0.29) is 0 Å². The van der Waals surface area contributed by atoms with Crippen molar-refractivity contribution in [3.05, 3.63) is 28.3 Å². The summed E-state index contributed by atoms with van der Waals surface area (Å²) in [6.07, 6.45) is 0.751. The minimum Gasteiger partial charge on any atom is -0.495 e. The third kappa shape index (κ3) is 2.61. The van der Waals surface area contributed by atoms with Gasteiger partial charge in [-0.1, -0.05) is 17.7 Å². The van der Waals surface area contributed by atoms with E-state index < -0.39 is 0 Å². The molecule has 14 heavy (non-hydrogen) atoms. The zero-order valence-electron chi connectivity index (χ0n) is 8.34. The van der Waals surface area contributed by atoms with Gasteiger partial charge in [0.1, 0.15) is 5.75 Å². The van der Waals surface area contributed by atoms with E-state index in [9.17, 15) is 0 Å². The van der Waals surface area contributed by atoms with Crippen LogP contribution in [0, 0.1) is 6.92 Å². The first-order valence-electron chi connectivity index (χ1n) is 4.33. The second kappa shape index (κ2) is 5.20. The van der Waals surface area contributed by atoms with Crippen LogP contribution in [0.5, 0.6) is 5.75 Å². The standard InChI is InChI=1S/C10H14ClNO2/c1-7-5-8(3-4-14-12)6-9(11)10(7)13-2/h5-6H,3-4,12H2,1-2H3. The van der Waals surface area contributed by atoms with Gasteiger partial charge in [-0.25, -0.2) is 5.90 Å². The number of benzene rings is 1.